The smallest absolute Gasteiger partial charge is 0.293 e. The molecule has 29 heavy (non-hydrogen) atoms. The fraction of sp³-hybridized carbons (Fsp3) is 0.316. The zero-order chi connectivity index (χ0) is 20.7. The molecule has 0 aliphatic carbocycles. The van der Waals surface area contributed by atoms with E-state index in [0.717, 1.165) is 11.4 Å². The van der Waals surface area contributed by atoms with Crippen LogP contribution in [0.25, 0.3) is 5.78 Å². The summed E-state index contributed by atoms with van der Waals surface area (Å²) >= 11 is 5.88. The van der Waals surface area contributed by atoms with Gasteiger partial charge in [-0.2, -0.15) is 4.98 Å². The first kappa shape index (κ1) is 19.3. The van der Waals surface area contributed by atoms with Gasteiger partial charge in [0.05, 0.1) is 5.56 Å². The maximum Gasteiger partial charge on any atom is 0.293 e. The van der Waals surface area contributed by atoms with Crippen molar-refractivity contribution < 1.29 is 14.0 Å². The Labute approximate surface area is 170 Å². The van der Waals surface area contributed by atoms with Crippen molar-refractivity contribution in [3.63, 3.8) is 0 Å². The molecule has 1 aliphatic heterocycles. The van der Waals surface area contributed by atoms with Crippen LogP contribution in [0.3, 0.4) is 0 Å². The number of carbonyl (C=O) groups is 2. The molecule has 0 bridgehead atoms. The topological polar surface area (TPSA) is 83.7 Å². The first-order chi connectivity index (χ1) is 13.8. The number of carbonyl (C=O) groups excluding carboxylic acids is 2. The second-order valence-corrected chi connectivity index (χ2v) is 7.33. The average Bonchev–Trinajstić information content (AvgIpc) is 3.13. The van der Waals surface area contributed by atoms with Gasteiger partial charge in [0.15, 0.2) is 0 Å². The Bertz CT molecular complexity index is 1120. The van der Waals surface area contributed by atoms with Crippen LogP contribution in [0.1, 0.15) is 32.4 Å². The maximum absolute atomic E-state index is 14.0. The minimum atomic E-state index is -0.620. The van der Waals surface area contributed by atoms with Gasteiger partial charge in [0.2, 0.25) is 5.82 Å². The maximum atomic E-state index is 14.0. The molecule has 1 aromatic carbocycles. The van der Waals surface area contributed by atoms with Gasteiger partial charge in [0.1, 0.15) is 5.82 Å². The Morgan fingerprint density at radius 3 is 2.34 bits per heavy atom. The van der Waals surface area contributed by atoms with Crippen LogP contribution >= 0.6 is 11.6 Å². The van der Waals surface area contributed by atoms with E-state index in [1.54, 1.807) is 4.90 Å². The molecule has 10 heteroatoms. The standard InChI is InChI=1S/C19H18ClFN6O2/c1-11-9-12(2)27-19(22-11)23-16(24-27)18(29)26-7-5-25(6-8-26)17(28)14-10-13(20)3-4-15(14)21/h3-4,9-10H,5-8H2,1-2H3. The van der Waals surface area contributed by atoms with Crippen molar-refractivity contribution >= 4 is 29.2 Å². The average molecular weight is 417 g/mol. The van der Waals surface area contributed by atoms with Gasteiger partial charge in [-0.25, -0.2) is 13.9 Å². The number of nitrogens with zero attached hydrogens (tertiary/aromatic N) is 6. The molecule has 8 nitrogen and oxygen atoms in total. The second kappa shape index (κ2) is 7.40. The highest BCUT2D eigenvalue weighted by atomic mass is 35.5. The van der Waals surface area contributed by atoms with Crippen molar-refractivity contribution in [1.29, 1.82) is 0 Å². The molecule has 150 valence electrons. The number of aromatic nitrogens is 4. The lowest BCUT2D eigenvalue weighted by Gasteiger charge is -2.34. The Morgan fingerprint density at radius 1 is 1.00 bits per heavy atom. The zero-order valence-electron chi connectivity index (χ0n) is 15.9. The molecule has 2 aromatic heterocycles. The third-order valence-corrected chi connectivity index (χ3v) is 5.06. The lowest BCUT2D eigenvalue weighted by molar-refractivity contribution is 0.0526. The van der Waals surface area contributed by atoms with Crippen LogP contribution < -0.4 is 0 Å². The fourth-order valence-corrected chi connectivity index (χ4v) is 3.51. The van der Waals surface area contributed by atoms with Gasteiger partial charge in [-0.05, 0) is 38.1 Å². The van der Waals surface area contributed by atoms with Gasteiger partial charge in [-0.15, -0.1) is 5.10 Å². The van der Waals surface area contributed by atoms with Crippen molar-refractivity contribution in [1.82, 2.24) is 29.4 Å². The molecule has 4 rings (SSSR count). The molecule has 0 atom stereocenters. The summed E-state index contributed by atoms with van der Waals surface area (Å²) in [5, 5.41) is 4.55. The van der Waals surface area contributed by atoms with E-state index in [1.165, 1.54) is 27.6 Å². The quantitative estimate of drug-likeness (QED) is 0.639. The molecule has 1 saturated heterocycles. The van der Waals surface area contributed by atoms with E-state index >= 15 is 0 Å². The van der Waals surface area contributed by atoms with E-state index in [9.17, 15) is 14.0 Å². The highest BCUT2D eigenvalue weighted by molar-refractivity contribution is 6.31. The highest BCUT2D eigenvalue weighted by Crippen LogP contribution is 2.18. The van der Waals surface area contributed by atoms with E-state index in [-0.39, 0.29) is 30.4 Å². The Kier molecular flexibility index (Phi) is 4.91. The molecule has 2 amide bonds. The minimum Gasteiger partial charge on any atom is -0.335 e. The van der Waals surface area contributed by atoms with Crippen molar-refractivity contribution in [3.05, 3.63) is 57.9 Å². The number of benzene rings is 1. The second-order valence-electron chi connectivity index (χ2n) is 6.89. The molecule has 0 radical (unpaired) electrons. The van der Waals surface area contributed by atoms with Crippen LogP contribution in [0, 0.1) is 19.7 Å². The summed E-state index contributed by atoms with van der Waals surface area (Å²) in [5.74, 6) is -0.959. The summed E-state index contributed by atoms with van der Waals surface area (Å²) in [6.45, 7) is 4.87. The third-order valence-electron chi connectivity index (χ3n) is 4.82. The van der Waals surface area contributed by atoms with Crippen molar-refractivity contribution in [2.24, 2.45) is 0 Å². The van der Waals surface area contributed by atoms with Crippen LogP contribution in [-0.2, 0) is 0 Å². The largest absolute Gasteiger partial charge is 0.335 e. The van der Waals surface area contributed by atoms with E-state index in [0.29, 0.717) is 23.9 Å². The number of rotatable bonds is 2. The lowest BCUT2D eigenvalue weighted by Crippen LogP contribution is -2.51. The Hall–Kier alpha value is -3.07. The monoisotopic (exact) mass is 416 g/mol. The number of halogens is 2. The Balaban J connectivity index is 1.47. The summed E-state index contributed by atoms with van der Waals surface area (Å²) in [7, 11) is 0. The molecule has 0 saturated carbocycles. The van der Waals surface area contributed by atoms with Gasteiger partial charge >= 0.3 is 0 Å². The molecular formula is C19H18ClFN6O2. The van der Waals surface area contributed by atoms with Gasteiger partial charge in [-0.1, -0.05) is 11.6 Å². The Morgan fingerprint density at radius 2 is 1.66 bits per heavy atom. The normalized spacial score (nSPS) is 14.5. The lowest BCUT2D eigenvalue weighted by atomic mass is 10.1. The summed E-state index contributed by atoms with van der Waals surface area (Å²) < 4.78 is 15.5. The van der Waals surface area contributed by atoms with Gasteiger partial charge < -0.3 is 9.80 Å². The minimum absolute atomic E-state index is 0.0619. The van der Waals surface area contributed by atoms with Crippen LogP contribution in [0.5, 0.6) is 0 Å². The van der Waals surface area contributed by atoms with Crippen LogP contribution in [0.4, 0.5) is 4.39 Å². The SMILES string of the molecule is Cc1cc(C)n2nc(C(=O)N3CCN(C(=O)c4cc(Cl)ccc4F)CC3)nc2n1. The van der Waals surface area contributed by atoms with Crippen molar-refractivity contribution in [3.8, 4) is 0 Å². The molecule has 1 aliphatic rings. The number of fused-ring (bicyclic) bond motifs is 1. The number of piperazine rings is 1. The number of amides is 2. The van der Waals surface area contributed by atoms with E-state index in [4.69, 9.17) is 11.6 Å². The molecule has 0 unspecified atom stereocenters. The molecule has 0 spiro atoms. The molecule has 3 heterocycles. The number of aryl methyl sites for hydroxylation is 2. The summed E-state index contributed by atoms with van der Waals surface area (Å²) in [6.07, 6.45) is 0. The molecular weight excluding hydrogens is 399 g/mol. The first-order valence-corrected chi connectivity index (χ1v) is 9.46. The van der Waals surface area contributed by atoms with Crippen LogP contribution in [-0.4, -0.2) is 67.4 Å². The molecule has 3 aromatic rings. The highest BCUT2D eigenvalue weighted by Gasteiger charge is 2.29. The predicted molar refractivity (Wildman–Crippen MR) is 103 cm³/mol. The van der Waals surface area contributed by atoms with Crippen LogP contribution in [0.2, 0.25) is 5.02 Å². The third kappa shape index (κ3) is 3.65. The fourth-order valence-electron chi connectivity index (χ4n) is 3.34. The summed E-state index contributed by atoms with van der Waals surface area (Å²) in [5.41, 5.74) is 1.55. The predicted octanol–water partition coefficient (Wildman–Crippen LogP) is 2.13. The van der Waals surface area contributed by atoms with E-state index < -0.39 is 11.7 Å². The van der Waals surface area contributed by atoms with Gasteiger partial charge in [-0.3, -0.25) is 9.59 Å². The van der Waals surface area contributed by atoms with Crippen molar-refractivity contribution in [2.75, 3.05) is 26.2 Å². The summed E-state index contributed by atoms with van der Waals surface area (Å²) in [6, 6.07) is 5.73. The molecule has 1 fully saturated rings. The van der Waals surface area contributed by atoms with Crippen LogP contribution in [0.15, 0.2) is 24.3 Å². The zero-order valence-corrected chi connectivity index (χ0v) is 16.6. The summed E-state index contributed by atoms with van der Waals surface area (Å²) in [4.78, 5) is 37.0. The number of hydrogen-bond donors (Lipinski definition) is 0. The van der Waals surface area contributed by atoms with Gasteiger partial charge in [0, 0.05) is 42.6 Å². The first-order valence-electron chi connectivity index (χ1n) is 9.08. The molecule has 0 N–H and O–H groups in total. The number of hydrogen-bond acceptors (Lipinski definition) is 5. The van der Waals surface area contributed by atoms with E-state index in [2.05, 4.69) is 15.1 Å². The van der Waals surface area contributed by atoms with E-state index in [1.807, 2.05) is 19.9 Å². The van der Waals surface area contributed by atoms with Crippen molar-refractivity contribution in [2.45, 2.75) is 13.8 Å². The van der Waals surface area contributed by atoms with Gasteiger partial charge in [0.25, 0.3) is 17.6 Å².